The summed E-state index contributed by atoms with van der Waals surface area (Å²) in [5.41, 5.74) is 2.20. The van der Waals surface area contributed by atoms with Gasteiger partial charge in [0.15, 0.2) is 14.7 Å². The number of hydrogen-bond acceptors (Lipinski definition) is 7. The summed E-state index contributed by atoms with van der Waals surface area (Å²) in [5.74, 6) is 4.82. The predicted octanol–water partition coefficient (Wildman–Crippen LogP) is 0.766. The Morgan fingerprint density at radius 3 is 2.75 bits per heavy atom. The first-order valence-electron chi connectivity index (χ1n) is 5.62. The van der Waals surface area contributed by atoms with Crippen LogP contribution in [-0.2, 0) is 9.84 Å². The van der Waals surface area contributed by atoms with E-state index in [1.807, 2.05) is 0 Å². The Morgan fingerprint density at radius 2 is 2.10 bits per heavy atom. The molecule has 0 fully saturated rings. The third-order valence-corrected chi connectivity index (χ3v) is 4.38. The van der Waals surface area contributed by atoms with Crippen molar-refractivity contribution >= 4 is 26.5 Å². The molecule has 1 aromatic heterocycles. The first-order chi connectivity index (χ1) is 9.47. The number of benzene rings is 1. The van der Waals surface area contributed by atoms with Gasteiger partial charge in [0.05, 0.1) is 17.5 Å². The summed E-state index contributed by atoms with van der Waals surface area (Å²) in [7, 11) is -3.83. The van der Waals surface area contributed by atoms with Gasteiger partial charge in [-0.3, -0.25) is 5.84 Å². The third kappa shape index (κ3) is 2.64. The van der Waals surface area contributed by atoms with E-state index in [0.29, 0.717) is 11.1 Å². The highest BCUT2D eigenvalue weighted by atomic mass is 32.2. The summed E-state index contributed by atoms with van der Waals surface area (Å²) in [6.45, 7) is 0. The minimum absolute atomic E-state index is 0.185. The molecule has 0 aliphatic rings. The summed E-state index contributed by atoms with van der Waals surface area (Å²) in [6, 6.07) is 7.66. The van der Waals surface area contributed by atoms with Crippen molar-refractivity contribution < 1.29 is 12.8 Å². The molecular formula is C12H11N3O4S. The standard InChI is InChI=1S/C12H11N3O4S/c13-4-1-5-20(17,18)11-6-8-2-3-9(15-14)7-10(8)19-12(11)16/h2-3,6-7,15H,1,5,14H2. The number of sulfone groups is 1. The zero-order chi connectivity index (χ0) is 14.8. The molecule has 0 spiro atoms. The molecule has 0 aliphatic heterocycles. The molecule has 1 aromatic carbocycles. The summed E-state index contributed by atoms with van der Waals surface area (Å²) < 4.78 is 28.9. The van der Waals surface area contributed by atoms with E-state index in [1.165, 1.54) is 12.1 Å². The van der Waals surface area contributed by atoms with Gasteiger partial charge in [0.2, 0.25) is 0 Å². The number of nitrogens with one attached hydrogen (secondary N) is 1. The second kappa shape index (κ2) is 5.32. The lowest BCUT2D eigenvalue weighted by molar-refractivity contribution is 0.532. The SMILES string of the molecule is N#CCCS(=O)(=O)c1cc2ccc(NN)cc2oc1=O. The number of hydrogen-bond donors (Lipinski definition) is 2. The van der Waals surface area contributed by atoms with Crippen molar-refractivity contribution in [2.24, 2.45) is 5.84 Å². The summed E-state index contributed by atoms with van der Waals surface area (Å²) in [4.78, 5) is 11.3. The molecule has 0 saturated carbocycles. The number of nitriles is 1. The minimum Gasteiger partial charge on any atom is -0.422 e. The van der Waals surface area contributed by atoms with Crippen LogP contribution in [0.4, 0.5) is 5.69 Å². The van der Waals surface area contributed by atoms with Gasteiger partial charge in [0, 0.05) is 17.9 Å². The highest BCUT2D eigenvalue weighted by Crippen LogP contribution is 2.20. The van der Waals surface area contributed by atoms with E-state index >= 15 is 0 Å². The lowest BCUT2D eigenvalue weighted by Crippen LogP contribution is -2.16. The number of rotatable bonds is 4. The number of nitrogens with two attached hydrogens (primary N) is 1. The van der Waals surface area contributed by atoms with Crippen LogP contribution in [0, 0.1) is 11.3 Å². The van der Waals surface area contributed by atoms with Crippen molar-refractivity contribution in [2.75, 3.05) is 11.2 Å². The molecule has 1 heterocycles. The maximum atomic E-state index is 11.9. The molecule has 0 unspecified atom stereocenters. The summed E-state index contributed by atoms with van der Waals surface area (Å²) in [5, 5.41) is 8.90. The van der Waals surface area contributed by atoms with Crippen LogP contribution in [0.2, 0.25) is 0 Å². The van der Waals surface area contributed by atoms with Crippen molar-refractivity contribution in [3.63, 3.8) is 0 Å². The van der Waals surface area contributed by atoms with Gasteiger partial charge in [0.1, 0.15) is 5.58 Å². The van der Waals surface area contributed by atoms with Crippen LogP contribution in [0.15, 0.2) is 38.4 Å². The van der Waals surface area contributed by atoms with E-state index in [1.54, 1.807) is 18.2 Å². The van der Waals surface area contributed by atoms with Crippen molar-refractivity contribution in [3.05, 3.63) is 34.7 Å². The van der Waals surface area contributed by atoms with Gasteiger partial charge >= 0.3 is 5.63 Å². The van der Waals surface area contributed by atoms with Crippen LogP contribution in [0.25, 0.3) is 11.0 Å². The quantitative estimate of drug-likeness (QED) is 0.484. The molecule has 0 aliphatic carbocycles. The van der Waals surface area contributed by atoms with Crippen LogP contribution in [0.3, 0.4) is 0 Å². The lowest BCUT2D eigenvalue weighted by atomic mass is 10.2. The van der Waals surface area contributed by atoms with Crippen molar-refractivity contribution in [3.8, 4) is 6.07 Å². The Morgan fingerprint density at radius 1 is 1.35 bits per heavy atom. The molecule has 0 atom stereocenters. The molecule has 2 rings (SSSR count). The average Bonchev–Trinajstić information content (AvgIpc) is 2.43. The Labute approximate surface area is 114 Å². The fourth-order valence-corrected chi connectivity index (χ4v) is 2.87. The zero-order valence-corrected chi connectivity index (χ0v) is 11.1. The van der Waals surface area contributed by atoms with Crippen LogP contribution < -0.4 is 16.9 Å². The van der Waals surface area contributed by atoms with Crippen LogP contribution in [-0.4, -0.2) is 14.2 Å². The smallest absolute Gasteiger partial charge is 0.355 e. The van der Waals surface area contributed by atoms with Crippen LogP contribution >= 0.6 is 0 Å². The first kappa shape index (κ1) is 14.0. The number of fused-ring (bicyclic) bond motifs is 1. The Bertz CT molecular complexity index is 849. The second-order valence-corrected chi connectivity index (χ2v) is 6.10. The highest BCUT2D eigenvalue weighted by molar-refractivity contribution is 7.91. The molecule has 3 N–H and O–H groups in total. The van der Waals surface area contributed by atoms with E-state index in [2.05, 4.69) is 5.43 Å². The summed E-state index contributed by atoms with van der Waals surface area (Å²) in [6.07, 6.45) is -0.185. The van der Waals surface area contributed by atoms with Gasteiger partial charge in [-0.25, -0.2) is 13.2 Å². The molecule has 8 heteroatoms. The van der Waals surface area contributed by atoms with E-state index in [0.717, 1.165) is 0 Å². The van der Waals surface area contributed by atoms with Gasteiger partial charge in [0.25, 0.3) is 0 Å². The fraction of sp³-hybridized carbons (Fsp3) is 0.167. The lowest BCUT2D eigenvalue weighted by Gasteiger charge is -2.04. The van der Waals surface area contributed by atoms with E-state index < -0.39 is 26.1 Å². The van der Waals surface area contributed by atoms with Crippen LogP contribution in [0.1, 0.15) is 6.42 Å². The van der Waals surface area contributed by atoms with Crippen LogP contribution in [0.5, 0.6) is 0 Å². The average molecular weight is 293 g/mol. The maximum Gasteiger partial charge on any atom is 0.355 e. The highest BCUT2D eigenvalue weighted by Gasteiger charge is 2.20. The molecule has 0 saturated heterocycles. The number of hydrazine groups is 1. The van der Waals surface area contributed by atoms with Gasteiger partial charge in [-0.05, 0) is 18.2 Å². The largest absolute Gasteiger partial charge is 0.422 e. The molecule has 0 amide bonds. The van der Waals surface area contributed by atoms with Gasteiger partial charge in [-0.2, -0.15) is 5.26 Å². The minimum atomic E-state index is -3.83. The fourth-order valence-electron chi connectivity index (χ4n) is 1.69. The van der Waals surface area contributed by atoms with E-state index in [-0.39, 0.29) is 12.0 Å². The molecule has 2 aromatic rings. The Balaban J connectivity index is 2.60. The molecular weight excluding hydrogens is 282 g/mol. The van der Waals surface area contributed by atoms with Crippen molar-refractivity contribution in [1.82, 2.24) is 0 Å². The normalized spacial score (nSPS) is 11.2. The first-order valence-corrected chi connectivity index (χ1v) is 7.27. The third-order valence-electron chi connectivity index (χ3n) is 2.69. The van der Waals surface area contributed by atoms with Gasteiger partial charge < -0.3 is 9.84 Å². The maximum absolute atomic E-state index is 11.9. The van der Waals surface area contributed by atoms with E-state index in [9.17, 15) is 13.2 Å². The molecule has 0 bridgehead atoms. The number of nitrogen functional groups attached to an aromatic ring is 1. The predicted molar refractivity (Wildman–Crippen MR) is 72.6 cm³/mol. The Kier molecular flexibility index (Phi) is 3.74. The molecule has 20 heavy (non-hydrogen) atoms. The monoisotopic (exact) mass is 293 g/mol. The van der Waals surface area contributed by atoms with Gasteiger partial charge in [-0.15, -0.1) is 0 Å². The van der Waals surface area contributed by atoms with Gasteiger partial charge in [-0.1, -0.05) is 0 Å². The molecule has 0 radical (unpaired) electrons. The Hall–Kier alpha value is -2.37. The van der Waals surface area contributed by atoms with Crippen molar-refractivity contribution in [2.45, 2.75) is 11.3 Å². The summed E-state index contributed by atoms with van der Waals surface area (Å²) >= 11 is 0. The topological polar surface area (TPSA) is 126 Å². The van der Waals surface area contributed by atoms with E-state index in [4.69, 9.17) is 15.5 Å². The molecule has 104 valence electrons. The molecule has 7 nitrogen and oxygen atoms in total. The number of nitrogens with zero attached hydrogens (tertiary/aromatic N) is 1. The van der Waals surface area contributed by atoms with Crippen molar-refractivity contribution in [1.29, 1.82) is 5.26 Å². The second-order valence-electron chi connectivity index (χ2n) is 4.02. The zero-order valence-electron chi connectivity index (χ0n) is 10.3. The number of anilines is 1.